The van der Waals surface area contributed by atoms with E-state index in [9.17, 15) is 9.59 Å². The number of nitrogens with zero attached hydrogens (tertiary/aromatic N) is 4. The number of carbonyl (C=O) groups excluding carboxylic acids is 1. The van der Waals surface area contributed by atoms with E-state index >= 15 is 0 Å². The fourth-order valence-corrected chi connectivity index (χ4v) is 6.22. The summed E-state index contributed by atoms with van der Waals surface area (Å²) in [6, 6.07) is 9.36. The van der Waals surface area contributed by atoms with E-state index in [1.54, 1.807) is 28.0 Å². The van der Waals surface area contributed by atoms with Gasteiger partial charge in [-0.3, -0.25) is 18.9 Å². The Morgan fingerprint density at radius 3 is 2.70 bits per heavy atom. The number of amides is 1. The summed E-state index contributed by atoms with van der Waals surface area (Å²) >= 11 is 1.70. The minimum atomic E-state index is -0.0558. The summed E-state index contributed by atoms with van der Waals surface area (Å²) in [6.45, 7) is 10.6. The van der Waals surface area contributed by atoms with Gasteiger partial charge in [0.1, 0.15) is 5.65 Å². The van der Waals surface area contributed by atoms with Crippen molar-refractivity contribution in [3.63, 3.8) is 0 Å². The molecule has 1 aliphatic heterocycles. The maximum atomic E-state index is 13.2. The van der Waals surface area contributed by atoms with Crippen molar-refractivity contribution in [3.8, 4) is 0 Å². The summed E-state index contributed by atoms with van der Waals surface area (Å²) in [5.41, 5.74) is 3.10. The van der Waals surface area contributed by atoms with Gasteiger partial charge < -0.3 is 4.90 Å². The minimum Gasteiger partial charge on any atom is -0.335 e. The zero-order valence-corrected chi connectivity index (χ0v) is 20.5. The van der Waals surface area contributed by atoms with Gasteiger partial charge in [0.05, 0.1) is 10.6 Å². The van der Waals surface area contributed by atoms with Crippen molar-refractivity contribution in [1.29, 1.82) is 0 Å². The molecule has 0 saturated carbocycles. The quantitative estimate of drug-likeness (QED) is 0.591. The number of fused-ring (bicyclic) bond motifs is 2. The lowest BCUT2D eigenvalue weighted by atomic mass is 9.72. The van der Waals surface area contributed by atoms with Crippen LogP contribution in [0.5, 0.6) is 0 Å². The SMILES string of the molecule is CC(C)(C)[C@@H]1CCc2sc(C(=O)N3CCN(Cc4cc(=O)n5ccccc5n4)CC3)cc2C1. The molecule has 7 heteroatoms. The number of aromatic nitrogens is 2. The lowest BCUT2D eigenvalue weighted by Gasteiger charge is -2.34. The average molecular weight is 465 g/mol. The summed E-state index contributed by atoms with van der Waals surface area (Å²) in [5.74, 6) is 0.853. The Labute approximate surface area is 198 Å². The van der Waals surface area contributed by atoms with E-state index in [0.717, 1.165) is 36.5 Å². The Hall–Kier alpha value is -2.51. The standard InChI is InChI=1S/C26H32N4O2S/c1-26(2,3)19-7-8-21-18(14-19)15-22(33-21)25(32)29-12-10-28(11-13-29)17-20-16-24(31)30-9-5-4-6-23(30)27-20/h4-6,9,15-16,19H,7-8,10-14,17H2,1-3H3/t19-/m1/s1. The molecule has 5 rings (SSSR count). The molecule has 3 aromatic heterocycles. The molecule has 2 aliphatic rings. The Kier molecular flexibility index (Phi) is 5.87. The molecule has 1 aliphatic carbocycles. The van der Waals surface area contributed by atoms with Gasteiger partial charge in [0.2, 0.25) is 0 Å². The Morgan fingerprint density at radius 1 is 1.15 bits per heavy atom. The lowest BCUT2D eigenvalue weighted by Crippen LogP contribution is -2.48. The van der Waals surface area contributed by atoms with Crippen molar-refractivity contribution < 1.29 is 4.79 Å². The summed E-state index contributed by atoms with van der Waals surface area (Å²) in [7, 11) is 0. The topological polar surface area (TPSA) is 57.9 Å². The van der Waals surface area contributed by atoms with Crippen LogP contribution in [0.15, 0.2) is 41.3 Å². The van der Waals surface area contributed by atoms with E-state index in [-0.39, 0.29) is 11.5 Å². The summed E-state index contributed by atoms with van der Waals surface area (Å²) < 4.78 is 1.56. The van der Waals surface area contributed by atoms with Gasteiger partial charge in [-0.05, 0) is 54.4 Å². The maximum absolute atomic E-state index is 13.2. The van der Waals surface area contributed by atoms with Crippen molar-refractivity contribution >= 4 is 22.9 Å². The molecule has 0 unspecified atom stereocenters. The van der Waals surface area contributed by atoms with Gasteiger partial charge in [-0.25, -0.2) is 4.98 Å². The molecular weight excluding hydrogens is 432 g/mol. The first-order valence-corrected chi connectivity index (χ1v) is 12.7. The number of aryl methyl sites for hydroxylation is 1. The summed E-state index contributed by atoms with van der Waals surface area (Å²) in [6.07, 6.45) is 5.15. The predicted molar refractivity (Wildman–Crippen MR) is 132 cm³/mol. The number of carbonyl (C=O) groups is 1. The van der Waals surface area contributed by atoms with E-state index in [4.69, 9.17) is 0 Å². The molecule has 1 amide bonds. The Morgan fingerprint density at radius 2 is 1.94 bits per heavy atom. The number of rotatable bonds is 3. The molecule has 0 N–H and O–H groups in total. The van der Waals surface area contributed by atoms with Crippen molar-refractivity contribution in [2.24, 2.45) is 11.3 Å². The fourth-order valence-electron chi connectivity index (χ4n) is 5.05. The minimum absolute atomic E-state index is 0.0558. The molecular formula is C26H32N4O2S. The highest BCUT2D eigenvalue weighted by Crippen LogP contribution is 2.40. The third-order valence-electron chi connectivity index (χ3n) is 7.19. The van der Waals surface area contributed by atoms with Crippen LogP contribution in [0, 0.1) is 11.3 Å². The van der Waals surface area contributed by atoms with Crippen LogP contribution in [0.4, 0.5) is 0 Å². The number of hydrogen-bond acceptors (Lipinski definition) is 5. The second-order valence-electron chi connectivity index (χ2n) is 10.4. The first-order valence-electron chi connectivity index (χ1n) is 11.9. The molecule has 1 saturated heterocycles. The summed E-state index contributed by atoms with van der Waals surface area (Å²) in [5, 5.41) is 0. The highest BCUT2D eigenvalue weighted by molar-refractivity contribution is 7.14. The second-order valence-corrected chi connectivity index (χ2v) is 11.6. The van der Waals surface area contributed by atoms with Crippen LogP contribution in [0.1, 0.15) is 53.0 Å². The fraction of sp³-hybridized carbons (Fsp3) is 0.500. The zero-order valence-electron chi connectivity index (χ0n) is 19.7. The highest BCUT2D eigenvalue weighted by atomic mass is 32.1. The monoisotopic (exact) mass is 464 g/mol. The first-order chi connectivity index (χ1) is 15.8. The predicted octanol–water partition coefficient (Wildman–Crippen LogP) is 3.87. The molecule has 0 bridgehead atoms. The van der Waals surface area contributed by atoms with Crippen molar-refractivity contribution in [3.05, 3.63) is 67.9 Å². The van der Waals surface area contributed by atoms with Gasteiger partial charge in [-0.2, -0.15) is 0 Å². The Balaban J connectivity index is 1.21. The highest BCUT2D eigenvalue weighted by Gasteiger charge is 2.31. The molecule has 174 valence electrons. The third kappa shape index (κ3) is 4.62. The Bertz CT molecular complexity index is 1230. The number of pyridine rings is 1. The molecule has 1 atom stereocenters. The van der Waals surface area contributed by atoms with Crippen molar-refractivity contribution in [2.45, 2.75) is 46.6 Å². The molecule has 0 radical (unpaired) electrons. The van der Waals surface area contributed by atoms with Crippen molar-refractivity contribution in [1.82, 2.24) is 19.2 Å². The number of hydrogen-bond donors (Lipinski definition) is 0. The van der Waals surface area contributed by atoms with Crippen LogP contribution in [-0.4, -0.2) is 51.3 Å². The largest absolute Gasteiger partial charge is 0.335 e. The van der Waals surface area contributed by atoms with Gasteiger partial charge in [-0.15, -0.1) is 11.3 Å². The van der Waals surface area contributed by atoms with Gasteiger partial charge >= 0.3 is 0 Å². The van der Waals surface area contributed by atoms with Crippen molar-refractivity contribution in [2.75, 3.05) is 26.2 Å². The molecule has 33 heavy (non-hydrogen) atoms. The summed E-state index contributed by atoms with van der Waals surface area (Å²) in [4.78, 5) is 36.8. The normalized spacial score (nSPS) is 19.6. The molecule has 6 nitrogen and oxygen atoms in total. The van der Waals surface area contributed by atoms with E-state index in [0.29, 0.717) is 36.6 Å². The van der Waals surface area contributed by atoms with Gasteiger partial charge in [0.25, 0.3) is 11.5 Å². The van der Waals surface area contributed by atoms with Crippen LogP contribution in [0.3, 0.4) is 0 Å². The molecule has 0 aromatic carbocycles. The van der Waals surface area contributed by atoms with E-state index in [1.165, 1.54) is 16.9 Å². The molecule has 4 heterocycles. The van der Waals surface area contributed by atoms with Crippen LogP contribution in [0.2, 0.25) is 0 Å². The average Bonchev–Trinajstić information content (AvgIpc) is 3.22. The second kappa shape index (κ2) is 8.69. The zero-order chi connectivity index (χ0) is 23.2. The van der Waals surface area contributed by atoms with Gasteiger partial charge in [0.15, 0.2) is 0 Å². The smallest absolute Gasteiger partial charge is 0.264 e. The third-order valence-corrected chi connectivity index (χ3v) is 8.41. The van der Waals surface area contributed by atoms with Crippen LogP contribution in [0.25, 0.3) is 5.65 Å². The first kappa shape index (κ1) is 22.3. The van der Waals surface area contributed by atoms with Crippen LogP contribution < -0.4 is 5.56 Å². The number of piperazine rings is 1. The van der Waals surface area contributed by atoms with Crippen LogP contribution in [-0.2, 0) is 19.4 Å². The van der Waals surface area contributed by atoms with E-state index in [2.05, 4.69) is 36.7 Å². The van der Waals surface area contributed by atoms with Crippen LogP contribution >= 0.6 is 11.3 Å². The molecule has 1 fully saturated rings. The van der Waals surface area contributed by atoms with Gasteiger partial charge in [0, 0.05) is 49.9 Å². The van der Waals surface area contributed by atoms with E-state index < -0.39 is 0 Å². The van der Waals surface area contributed by atoms with E-state index in [1.807, 2.05) is 23.1 Å². The number of thiophene rings is 1. The molecule has 3 aromatic rings. The van der Waals surface area contributed by atoms with Gasteiger partial charge in [-0.1, -0.05) is 26.8 Å². The maximum Gasteiger partial charge on any atom is 0.264 e. The lowest BCUT2D eigenvalue weighted by molar-refractivity contribution is 0.0631. The molecule has 0 spiro atoms.